The summed E-state index contributed by atoms with van der Waals surface area (Å²) in [7, 11) is 3.37. The van der Waals surface area contributed by atoms with Gasteiger partial charge in [0.1, 0.15) is 5.78 Å². The van der Waals surface area contributed by atoms with E-state index in [2.05, 4.69) is 0 Å². The van der Waals surface area contributed by atoms with Crippen LogP contribution in [0.5, 0.6) is 5.75 Å². The van der Waals surface area contributed by atoms with Crippen molar-refractivity contribution in [3.8, 4) is 5.75 Å². The molecule has 0 unspecified atom stereocenters. The van der Waals surface area contributed by atoms with Crippen LogP contribution in [0, 0.1) is 11.2 Å². The minimum absolute atomic E-state index is 0.153. The number of carbonyl (C=O) groups excluding carboxylic acids is 1. The summed E-state index contributed by atoms with van der Waals surface area (Å²) in [5, 5.41) is 0. The van der Waals surface area contributed by atoms with Crippen molar-refractivity contribution in [3.63, 3.8) is 0 Å². The number of benzene rings is 1. The lowest BCUT2D eigenvalue weighted by atomic mass is 9.88. The molecule has 1 aromatic rings. The second-order valence-corrected chi connectivity index (χ2v) is 5.58. The maximum Gasteiger partial charge on any atom is 0.165 e. The fourth-order valence-electron chi connectivity index (χ4n) is 1.96. The lowest BCUT2D eigenvalue weighted by Crippen LogP contribution is -2.35. The molecule has 1 aromatic carbocycles. The molecule has 0 bridgehead atoms. The monoisotopic (exact) mass is 267 g/mol. The lowest BCUT2D eigenvalue weighted by Gasteiger charge is -2.28. The largest absolute Gasteiger partial charge is 0.494 e. The first kappa shape index (κ1) is 15.6. The van der Waals surface area contributed by atoms with Gasteiger partial charge < -0.3 is 9.64 Å². The second-order valence-electron chi connectivity index (χ2n) is 5.58. The van der Waals surface area contributed by atoms with Gasteiger partial charge in [-0.05, 0) is 31.7 Å². The Morgan fingerprint density at radius 2 is 2.05 bits per heavy atom. The minimum Gasteiger partial charge on any atom is -0.494 e. The van der Waals surface area contributed by atoms with Crippen LogP contribution in [0.4, 0.5) is 4.39 Å². The lowest BCUT2D eigenvalue weighted by molar-refractivity contribution is -0.125. The molecule has 0 saturated carbocycles. The van der Waals surface area contributed by atoms with E-state index in [9.17, 15) is 9.18 Å². The predicted molar refractivity (Wildman–Crippen MR) is 73.7 cm³/mol. The fourth-order valence-corrected chi connectivity index (χ4v) is 1.96. The smallest absolute Gasteiger partial charge is 0.165 e. The summed E-state index contributed by atoms with van der Waals surface area (Å²) < 4.78 is 18.5. The van der Waals surface area contributed by atoms with E-state index in [1.165, 1.54) is 13.2 Å². The van der Waals surface area contributed by atoms with Crippen molar-refractivity contribution in [2.45, 2.75) is 27.3 Å². The Labute approximate surface area is 114 Å². The zero-order valence-electron chi connectivity index (χ0n) is 12.3. The van der Waals surface area contributed by atoms with Crippen LogP contribution in [0.2, 0.25) is 0 Å². The third-order valence-corrected chi connectivity index (χ3v) is 3.29. The van der Waals surface area contributed by atoms with Crippen molar-refractivity contribution in [2.75, 3.05) is 20.7 Å². The minimum atomic E-state index is -0.389. The average molecular weight is 267 g/mol. The number of hydrogen-bond acceptors (Lipinski definition) is 3. The molecule has 0 saturated heterocycles. The number of halogens is 1. The van der Waals surface area contributed by atoms with Crippen LogP contribution in [0.25, 0.3) is 0 Å². The van der Waals surface area contributed by atoms with Crippen molar-refractivity contribution in [3.05, 3.63) is 29.6 Å². The van der Waals surface area contributed by atoms with Gasteiger partial charge in [-0.25, -0.2) is 4.39 Å². The normalized spacial score (nSPS) is 11.7. The van der Waals surface area contributed by atoms with E-state index < -0.39 is 0 Å². The summed E-state index contributed by atoms with van der Waals surface area (Å²) in [6.45, 7) is 6.66. The Morgan fingerprint density at radius 1 is 1.42 bits per heavy atom. The van der Waals surface area contributed by atoms with E-state index in [-0.39, 0.29) is 22.8 Å². The van der Waals surface area contributed by atoms with E-state index in [1.54, 1.807) is 13.0 Å². The fraction of sp³-hybridized carbons (Fsp3) is 0.533. The van der Waals surface area contributed by atoms with Gasteiger partial charge in [-0.15, -0.1) is 0 Å². The predicted octanol–water partition coefficient (Wildman–Crippen LogP) is 2.88. The number of Topliss-reactive ketones (excluding diaryl/α,β-unsaturated/α-hetero) is 1. The highest BCUT2D eigenvalue weighted by molar-refractivity contribution is 5.81. The van der Waals surface area contributed by atoms with Gasteiger partial charge in [0.05, 0.1) is 7.11 Å². The number of nitrogens with zero attached hydrogens (tertiary/aromatic N) is 1. The standard InChI is InChI=1S/C15H22FNO2/c1-11(18)15(2,3)10-17(4)9-12-6-7-14(19-5)13(16)8-12/h6-8H,9-10H2,1-5H3. The van der Waals surface area contributed by atoms with Gasteiger partial charge >= 0.3 is 0 Å². The number of hydrogen-bond donors (Lipinski definition) is 0. The van der Waals surface area contributed by atoms with E-state index in [0.717, 1.165) is 5.56 Å². The van der Waals surface area contributed by atoms with Crippen molar-refractivity contribution in [2.24, 2.45) is 5.41 Å². The summed E-state index contributed by atoms with van der Waals surface area (Å²) in [5.74, 6) is 0.0370. The Bertz CT molecular complexity index is 457. The van der Waals surface area contributed by atoms with E-state index in [1.807, 2.05) is 31.9 Å². The number of ether oxygens (including phenoxy) is 1. The molecule has 0 radical (unpaired) electrons. The van der Waals surface area contributed by atoms with Gasteiger partial charge in [-0.1, -0.05) is 19.9 Å². The molecular weight excluding hydrogens is 245 g/mol. The molecule has 0 spiro atoms. The molecule has 0 fully saturated rings. The van der Waals surface area contributed by atoms with Crippen LogP contribution in [-0.2, 0) is 11.3 Å². The van der Waals surface area contributed by atoms with Gasteiger partial charge in [0.2, 0.25) is 0 Å². The van der Waals surface area contributed by atoms with Crippen LogP contribution < -0.4 is 4.74 Å². The molecule has 0 atom stereocenters. The Morgan fingerprint density at radius 3 is 2.53 bits per heavy atom. The summed E-state index contributed by atoms with van der Waals surface area (Å²) in [6, 6.07) is 4.92. The van der Waals surface area contributed by atoms with E-state index in [0.29, 0.717) is 13.1 Å². The number of ketones is 1. The maximum absolute atomic E-state index is 13.6. The first-order valence-electron chi connectivity index (χ1n) is 6.28. The molecule has 3 nitrogen and oxygen atoms in total. The zero-order chi connectivity index (χ0) is 14.6. The molecule has 0 aliphatic rings. The highest BCUT2D eigenvalue weighted by atomic mass is 19.1. The van der Waals surface area contributed by atoms with Crippen LogP contribution in [0.1, 0.15) is 26.3 Å². The molecular formula is C15H22FNO2. The number of methoxy groups -OCH3 is 1. The first-order chi connectivity index (χ1) is 8.76. The van der Waals surface area contributed by atoms with E-state index in [4.69, 9.17) is 4.74 Å². The highest BCUT2D eigenvalue weighted by Crippen LogP contribution is 2.21. The van der Waals surface area contributed by atoms with Gasteiger partial charge in [-0.2, -0.15) is 0 Å². The van der Waals surface area contributed by atoms with Gasteiger partial charge in [0.15, 0.2) is 11.6 Å². The average Bonchev–Trinajstić information content (AvgIpc) is 2.28. The SMILES string of the molecule is COc1ccc(CN(C)CC(C)(C)C(C)=O)cc1F. The Balaban J connectivity index is 2.70. The quantitative estimate of drug-likeness (QED) is 0.793. The van der Waals surface area contributed by atoms with Crippen LogP contribution in [-0.4, -0.2) is 31.4 Å². The molecule has 0 aliphatic carbocycles. The van der Waals surface area contributed by atoms with Crippen molar-refractivity contribution >= 4 is 5.78 Å². The second kappa shape index (κ2) is 6.15. The third kappa shape index (κ3) is 4.31. The highest BCUT2D eigenvalue weighted by Gasteiger charge is 2.25. The summed E-state index contributed by atoms with van der Waals surface area (Å²) in [4.78, 5) is 13.5. The maximum atomic E-state index is 13.6. The summed E-state index contributed by atoms with van der Waals surface area (Å²) >= 11 is 0. The van der Waals surface area contributed by atoms with Crippen molar-refractivity contribution in [1.29, 1.82) is 0 Å². The zero-order valence-corrected chi connectivity index (χ0v) is 12.3. The Hall–Kier alpha value is -1.42. The third-order valence-electron chi connectivity index (χ3n) is 3.29. The van der Waals surface area contributed by atoms with Crippen LogP contribution in [0.15, 0.2) is 18.2 Å². The van der Waals surface area contributed by atoms with Gasteiger partial charge in [0.25, 0.3) is 0 Å². The van der Waals surface area contributed by atoms with Crippen molar-refractivity contribution in [1.82, 2.24) is 4.90 Å². The molecule has 0 N–H and O–H groups in total. The topological polar surface area (TPSA) is 29.5 Å². The molecule has 0 amide bonds. The molecule has 1 rings (SSSR count). The van der Waals surface area contributed by atoms with E-state index >= 15 is 0 Å². The Kier molecular flexibility index (Phi) is 5.06. The number of carbonyl (C=O) groups is 1. The first-order valence-corrected chi connectivity index (χ1v) is 6.28. The van der Waals surface area contributed by atoms with Crippen LogP contribution in [0.3, 0.4) is 0 Å². The molecule has 4 heteroatoms. The molecule has 19 heavy (non-hydrogen) atoms. The molecule has 0 aliphatic heterocycles. The molecule has 0 aromatic heterocycles. The van der Waals surface area contributed by atoms with Crippen molar-refractivity contribution < 1.29 is 13.9 Å². The molecule has 106 valence electrons. The van der Waals surface area contributed by atoms with Gasteiger partial charge in [0, 0.05) is 18.5 Å². The summed E-state index contributed by atoms with van der Waals surface area (Å²) in [6.07, 6.45) is 0. The molecule has 0 heterocycles. The van der Waals surface area contributed by atoms with Crippen LogP contribution >= 0.6 is 0 Å². The summed E-state index contributed by atoms with van der Waals surface area (Å²) in [5.41, 5.74) is 0.472. The number of rotatable bonds is 6. The van der Waals surface area contributed by atoms with Gasteiger partial charge in [-0.3, -0.25) is 4.79 Å².